The number of rotatable bonds is 4. The first-order valence-electron chi connectivity index (χ1n) is 8.68. The van der Waals surface area contributed by atoms with E-state index in [1.807, 2.05) is 37.4 Å². The molecule has 3 nitrogen and oxygen atoms in total. The first kappa shape index (κ1) is 18.5. The van der Waals surface area contributed by atoms with E-state index in [0.717, 1.165) is 24.2 Å². The lowest BCUT2D eigenvalue weighted by molar-refractivity contribution is 0.0935. The second-order valence-corrected chi connectivity index (χ2v) is 7.15. The molecule has 0 saturated heterocycles. The molecule has 2 aromatic carbocycles. The predicted molar refractivity (Wildman–Crippen MR) is 103 cm³/mol. The molecule has 0 fully saturated rings. The summed E-state index contributed by atoms with van der Waals surface area (Å²) in [6.07, 6.45) is 3.12. The molecule has 2 atom stereocenters. The molecule has 2 aromatic rings. The molecule has 0 saturated carbocycles. The molecule has 136 valence electrons. The average molecular weight is 373 g/mol. The summed E-state index contributed by atoms with van der Waals surface area (Å²) in [6, 6.07) is 13.7. The van der Waals surface area contributed by atoms with E-state index >= 15 is 0 Å². The zero-order valence-electron chi connectivity index (χ0n) is 14.9. The Kier molecular flexibility index (Phi) is 5.62. The van der Waals surface area contributed by atoms with Crippen LogP contribution in [0.1, 0.15) is 35.3 Å². The van der Waals surface area contributed by atoms with Gasteiger partial charge in [-0.25, -0.2) is 4.39 Å². The Balaban J connectivity index is 1.94. The fourth-order valence-corrected chi connectivity index (χ4v) is 3.54. The summed E-state index contributed by atoms with van der Waals surface area (Å²) in [7, 11) is 2.03. The van der Waals surface area contributed by atoms with Crippen molar-refractivity contribution in [2.24, 2.45) is 5.92 Å². The minimum atomic E-state index is -0.599. The van der Waals surface area contributed by atoms with Gasteiger partial charge in [-0.1, -0.05) is 61.0 Å². The largest absolute Gasteiger partial charge is 0.376 e. The van der Waals surface area contributed by atoms with Gasteiger partial charge in [0.1, 0.15) is 5.82 Å². The van der Waals surface area contributed by atoms with Crippen molar-refractivity contribution in [2.75, 3.05) is 13.6 Å². The summed E-state index contributed by atoms with van der Waals surface area (Å²) in [6.45, 7) is 3.12. The molecule has 1 N–H and O–H groups in total. The summed E-state index contributed by atoms with van der Waals surface area (Å²) < 4.78 is 13.7. The zero-order valence-corrected chi connectivity index (χ0v) is 15.6. The van der Waals surface area contributed by atoms with Gasteiger partial charge in [-0.15, -0.1) is 0 Å². The van der Waals surface area contributed by atoms with E-state index in [9.17, 15) is 9.18 Å². The number of nitrogens with zero attached hydrogens (tertiary/aromatic N) is 1. The van der Waals surface area contributed by atoms with E-state index < -0.39 is 11.7 Å². The van der Waals surface area contributed by atoms with Crippen LogP contribution in [0.4, 0.5) is 4.39 Å². The van der Waals surface area contributed by atoms with Gasteiger partial charge in [-0.3, -0.25) is 4.79 Å². The number of benzene rings is 2. The standard InChI is InChI=1S/C21H22ClFN2O/c1-14-11-12-18(25(2)13-14)20(15-7-4-3-5-8-15)24-21(26)16-9-6-10-17(23)19(16)22/h3-10,12,14,20H,11,13H2,1-2H3,(H,24,26). The molecule has 0 aromatic heterocycles. The number of likely N-dealkylation sites (N-methyl/N-ethyl adjacent to an activating group) is 1. The summed E-state index contributed by atoms with van der Waals surface area (Å²) in [5.74, 6) is -0.428. The third-order valence-electron chi connectivity index (χ3n) is 4.66. The number of allylic oxidation sites excluding steroid dienone is 1. The molecule has 1 heterocycles. The molecule has 0 spiro atoms. The van der Waals surface area contributed by atoms with Gasteiger partial charge in [0.05, 0.1) is 16.6 Å². The van der Waals surface area contributed by atoms with Crippen LogP contribution in [0.2, 0.25) is 5.02 Å². The van der Waals surface area contributed by atoms with Crippen molar-refractivity contribution >= 4 is 17.5 Å². The minimum Gasteiger partial charge on any atom is -0.376 e. The lowest BCUT2D eigenvalue weighted by Crippen LogP contribution is -2.38. The summed E-state index contributed by atoms with van der Waals surface area (Å²) >= 11 is 5.99. The molecule has 1 amide bonds. The molecule has 5 heteroatoms. The molecule has 0 aliphatic carbocycles. The fraction of sp³-hybridized carbons (Fsp3) is 0.286. The van der Waals surface area contributed by atoms with Gasteiger partial charge in [0, 0.05) is 19.3 Å². The highest BCUT2D eigenvalue weighted by molar-refractivity contribution is 6.34. The van der Waals surface area contributed by atoms with Crippen LogP contribution in [0.15, 0.2) is 60.3 Å². The van der Waals surface area contributed by atoms with E-state index in [2.05, 4.69) is 23.2 Å². The highest BCUT2D eigenvalue weighted by Gasteiger charge is 2.26. The lowest BCUT2D eigenvalue weighted by Gasteiger charge is -2.35. The third-order valence-corrected chi connectivity index (χ3v) is 5.04. The number of carbonyl (C=O) groups is 1. The molecule has 1 aliphatic rings. The maximum atomic E-state index is 13.7. The summed E-state index contributed by atoms with van der Waals surface area (Å²) in [5, 5.41) is 2.88. The van der Waals surface area contributed by atoms with Crippen LogP contribution in [0.3, 0.4) is 0 Å². The normalized spacial score (nSPS) is 18.2. The van der Waals surface area contributed by atoms with Crippen LogP contribution >= 0.6 is 11.6 Å². The van der Waals surface area contributed by atoms with Gasteiger partial charge >= 0.3 is 0 Å². The highest BCUT2D eigenvalue weighted by atomic mass is 35.5. The van der Waals surface area contributed by atoms with Gasteiger partial charge in [0.25, 0.3) is 5.91 Å². The predicted octanol–water partition coefficient (Wildman–Crippen LogP) is 4.81. The summed E-state index contributed by atoms with van der Waals surface area (Å²) in [4.78, 5) is 15.0. The van der Waals surface area contributed by atoms with Gasteiger partial charge < -0.3 is 10.2 Å². The van der Waals surface area contributed by atoms with Crippen LogP contribution in [-0.4, -0.2) is 24.4 Å². The van der Waals surface area contributed by atoms with Crippen LogP contribution in [-0.2, 0) is 0 Å². The van der Waals surface area contributed by atoms with E-state index in [1.165, 1.54) is 18.2 Å². The number of hydrogen-bond donors (Lipinski definition) is 1. The van der Waals surface area contributed by atoms with Crippen molar-refractivity contribution in [3.8, 4) is 0 Å². The maximum absolute atomic E-state index is 13.7. The number of halogens is 2. The fourth-order valence-electron chi connectivity index (χ4n) is 3.32. The second-order valence-electron chi connectivity index (χ2n) is 6.77. The van der Waals surface area contributed by atoms with E-state index in [-0.39, 0.29) is 16.6 Å². The maximum Gasteiger partial charge on any atom is 0.253 e. The van der Waals surface area contributed by atoms with Crippen LogP contribution < -0.4 is 5.32 Å². The van der Waals surface area contributed by atoms with Crippen LogP contribution in [0.25, 0.3) is 0 Å². The Hall–Kier alpha value is -2.33. The van der Waals surface area contributed by atoms with Crippen molar-refractivity contribution in [1.82, 2.24) is 10.2 Å². The van der Waals surface area contributed by atoms with Crippen molar-refractivity contribution in [2.45, 2.75) is 19.4 Å². The first-order chi connectivity index (χ1) is 12.5. The van der Waals surface area contributed by atoms with Gasteiger partial charge in [-0.2, -0.15) is 0 Å². The molecular weight excluding hydrogens is 351 g/mol. The first-order valence-corrected chi connectivity index (χ1v) is 9.06. The Morgan fingerprint density at radius 3 is 2.65 bits per heavy atom. The number of carbonyl (C=O) groups excluding carboxylic acids is 1. The number of amides is 1. The minimum absolute atomic E-state index is 0.139. The number of nitrogens with one attached hydrogen (secondary N) is 1. The van der Waals surface area contributed by atoms with Gasteiger partial charge in [0.2, 0.25) is 0 Å². The quantitative estimate of drug-likeness (QED) is 0.835. The molecule has 2 unspecified atom stereocenters. The van der Waals surface area contributed by atoms with Crippen molar-refractivity contribution in [3.05, 3.63) is 82.3 Å². The Morgan fingerprint density at radius 1 is 1.23 bits per heavy atom. The molecule has 0 radical (unpaired) electrons. The Bertz CT molecular complexity index is 822. The SMILES string of the molecule is CC1CC=C(C(NC(=O)c2cccc(F)c2Cl)c2ccccc2)N(C)C1. The van der Waals surface area contributed by atoms with Crippen molar-refractivity contribution in [1.29, 1.82) is 0 Å². The average Bonchev–Trinajstić information content (AvgIpc) is 2.63. The third kappa shape index (κ3) is 3.91. The van der Waals surface area contributed by atoms with Crippen LogP contribution in [0.5, 0.6) is 0 Å². The molecule has 3 rings (SSSR count). The molecular formula is C21H22ClFN2O. The Morgan fingerprint density at radius 2 is 1.96 bits per heavy atom. The van der Waals surface area contributed by atoms with Gasteiger partial charge in [0.15, 0.2) is 0 Å². The molecule has 26 heavy (non-hydrogen) atoms. The number of hydrogen-bond acceptors (Lipinski definition) is 2. The Labute approximate surface area is 158 Å². The molecule has 0 bridgehead atoms. The van der Waals surface area contributed by atoms with E-state index in [1.54, 1.807) is 0 Å². The lowest BCUT2D eigenvalue weighted by atomic mass is 9.95. The smallest absolute Gasteiger partial charge is 0.253 e. The van der Waals surface area contributed by atoms with Crippen molar-refractivity contribution < 1.29 is 9.18 Å². The molecule has 1 aliphatic heterocycles. The van der Waals surface area contributed by atoms with Gasteiger partial charge in [-0.05, 0) is 30.0 Å². The van der Waals surface area contributed by atoms with Crippen molar-refractivity contribution in [3.63, 3.8) is 0 Å². The second kappa shape index (κ2) is 7.92. The monoisotopic (exact) mass is 372 g/mol. The van der Waals surface area contributed by atoms with E-state index in [4.69, 9.17) is 11.6 Å². The zero-order chi connectivity index (χ0) is 18.7. The van der Waals surface area contributed by atoms with E-state index in [0.29, 0.717) is 5.92 Å². The topological polar surface area (TPSA) is 32.3 Å². The highest BCUT2D eigenvalue weighted by Crippen LogP contribution is 2.30. The van der Waals surface area contributed by atoms with Crippen LogP contribution in [0, 0.1) is 11.7 Å². The summed E-state index contributed by atoms with van der Waals surface area (Å²) in [5.41, 5.74) is 2.15.